The number of benzene rings is 1. The molecule has 2 N–H and O–H groups in total. The molecule has 80 valence electrons. The van der Waals surface area contributed by atoms with Crippen molar-refractivity contribution >= 4 is 12.6 Å². The molecule has 0 amide bonds. The largest absolute Gasteiger partial charge is 0.508 e. The molecule has 0 aliphatic heterocycles. The van der Waals surface area contributed by atoms with Gasteiger partial charge in [-0.25, -0.2) is 0 Å². The van der Waals surface area contributed by atoms with Crippen molar-refractivity contribution in [1.29, 1.82) is 0 Å². The first kappa shape index (κ1) is 11.4. The van der Waals surface area contributed by atoms with Gasteiger partial charge in [-0.2, -0.15) is 0 Å². The molecule has 0 aliphatic rings. The van der Waals surface area contributed by atoms with Crippen LogP contribution in [0.2, 0.25) is 0 Å². The molecule has 0 bridgehead atoms. The van der Waals surface area contributed by atoms with Crippen molar-refractivity contribution in [2.24, 2.45) is 5.92 Å². The van der Waals surface area contributed by atoms with E-state index in [4.69, 9.17) is 5.11 Å². The molecule has 0 unspecified atom stereocenters. The lowest BCUT2D eigenvalue weighted by Gasteiger charge is -2.11. The summed E-state index contributed by atoms with van der Waals surface area (Å²) >= 11 is 0. The minimum atomic E-state index is -1.27. The lowest BCUT2D eigenvalue weighted by Crippen LogP contribution is -2.25. The molecule has 0 heterocycles. The van der Waals surface area contributed by atoms with Crippen LogP contribution in [-0.4, -0.2) is 28.9 Å². The van der Waals surface area contributed by atoms with Gasteiger partial charge in [0.15, 0.2) is 0 Å². The van der Waals surface area contributed by atoms with Gasteiger partial charge in [-0.05, 0) is 24.1 Å². The standard InChI is InChI=1S/C11H12O4/c12-6-9(11(15)7-13)5-8-1-3-10(14)4-2-8/h1-4,6-7,9,11,14-15H,5H2/t9-,11+/m0/s1. The number of phenolic OH excluding ortho intramolecular Hbond substituents is 1. The maximum Gasteiger partial charge on any atom is 0.149 e. The summed E-state index contributed by atoms with van der Waals surface area (Å²) in [5, 5.41) is 18.2. The van der Waals surface area contributed by atoms with Crippen LogP contribution in [0, 0.1) is 5.92 Å². The predicted octanol–water partition coefficient (Wildman–Crippen LogP) is 0.310. The summed E-state index contributed by atoms with van der Waals surface area (Å²) in [5.74, 6) is -0.593. The number of hydrogen-bond acceptors (Lipinski definition) is 4. The first-order valence-electron chi connectivity index (χ1n) is 4.54. The fourth-order valence-corrected chi connectivity index (χ4v) is 1.25. The van der Waals surface area contributed by atoms with Gasteiger partial charge in [0, 0.05) is 0 Å². The topological polar surface area (TPSA) is 74.6 Å². The highest BCUT2D eigenvalue weighted by molar-refractivity contribution is 5.66. The Morgan fingerprint density at radius 2 is 1.73 bits per heavy atom. The van der Waals surface area contributed by atoms with E-state index in [0.29, 0.717) is 12.6 Å². The number of carbonyl (C=O) groups is 2. The first-order chi connectivity index (χ1) is 7.17. The van der Waals surface area contributed by atoms with Gasteiger partial charge < -0.3 is 19.8 Å². The van der Waals surface area contributed by atoms with E-state index in [1.165, 1.54) is 12.1 Å². The van der Waals surface area contributed by atoms with Crippen LogP contribution in [0.5, 0.6) is 5.75 Å². The molecule has 0 saturated carbocycles. The molecule has 4 heteroatoms. The van der Waals surface area contributed by atoms with Gasteiger partial charge in [0.2, 0.25) is 0 Å². The van der Waals surface area contributed by atoms with Crippen molar-refractivity contribution in [2.75, 3.05) is 0 Å². The second kappa shape index (κ2) is 5.26. The molecule has 0 aromatic heterocycles. The highest BCUT2D eigenvalue weighted by atomic mass is 16.3. The fourth-order valence-electron chi connectivity index (χ4n) is 1.25. The van der Waals surface area contributed by atoms with Crippen molar-refractivity contribution in [2.45, 2.75) is 12.5 Å². The summed E-state index contributed by atoms with van der Waals surface area (Å²) in [7, 11) is 0. The average molecular weight is 208 g/mol. The summed E-state index contributed by atoms with van der Waals surface area (Å²) in [6, 6.07) is 6.27. The van der Waals surface area contributed by atoms with Gasteiger partial charge >= 0.3 is 0 Å². The first-order valence-corrected chi connectivity index (χ1v) is 4.54. The Morgan fingerprint density at radius 1 is 1.13 bits per heavy atom. The van der Waals surface area contributed by atoms with Gasteiger partial charge in [0.1, 0.15) is 24.4 Å². The Labute approximate surface area is 87.2 Å². The monoisotopic (exact) mass is 208 g/mol. The van der Waals surface area contributed by atoms with Gasteiger partial charge in [-0.3, -0.25) is 0 Å². The van der Waals surface area contributed by atoms with Gasteiger partial charge in [-0.15, -0.1) is 0 Å². The van der Waals surface area contributed by atoms with Crippen molar-refractivity contribution in [1.82, 2.24) is 0 Å². The predicted molar refractivity (Wildman–Crippen MR) is 53.4 cm³/mol. The molecule has 15 heavy (non-hydrogen) atoms. The molecular weight excluding hydrogens is 196 g/mol. The summed E-state index contributed by atoms with van der Waals surface area (Å²) in [6.45, 7) is 0. The molecule has 0 aliphatic carbocycles. The van der Waals surface area contributed by atoms with Crippen LogP contribution in [0.25, 0.3) is 0 Å². The maximum atomic E-state index is 10.6. The molecule has 0 fully saturated rings. The van der Waals surface area contributed by atoms with Crippen molar-refractivity contribution in [3.05, 3.63) is 29.8 Å². The van der Waals surface area contributed by atoms with Crippen LogP contribution >= 0.6 is 0 Å². The van der Waals surface area contributed by atoms with Crippen LogP contribution < -0.4 is 0 Å². The smallest absolute Gasteiger partial charge is 0.149 e. The molecule has 2 atom stereocenters. The van der Waals surface area contributed by atoms with Crippen LogP contribution in [0.15, 0.2) is 24.3 Å². The van der Waals surface area contributed by atoms with E-state index in [9.17, 15) is 14.7 Å². The fraction of sp³-hybridized carbons (Fsp3) is 0.273. The van der Waals surface area contributed by atoms with Gasteiger partial charge in [0.25, 0.3) is 0 Å². The Bertz CT molecular complexity index is 331. The van der Waals surface area contributed by atoms with E-state index in [0.717, 1.165) is 5.56 Å². The highest BCUT2D eigenvalue weighted by Crippen LogP contribution is 2.14. The number of aromatic hydroxyl groups is 1. The zero-order chi connectivity index (χ0) is 11.3. The van der Waals surface area contributed by atoms with Crippen molar-refractivity contribution < 1.29 is 19.8 Å². The van der Waals surface area contributed by atoms with E-state index in [2.05, 4.69) is 0 Å². The normalized spacial score (nSPS) is 14.2. The molecule has 0 radical (unpaired) electrons. The van der Waals surface area contributed by atoms with E-state index in [1.807, 2.05) is 0 Å². The number of aliphatic hydroxyl groups is 1. The number of hydrogen-bond donors (Lipinski definition) is 2. The van der Waals surface area contributed by atoms with Crippen LogP contribution in [0.1, 0.15) is 5.56 Å². The minimum Gasteiger partial charge on any atom is -0.508 e. The summed E-state index contributed by atoms with van der Waals surface area (Å²) < 4.78 is 0. The maximum absolute atomic E-state index is 10.6. The van der Waals surface area contributed by atoms with E-state index in [1.54, 1.807) is 12.1 Å². The Kier molecular flexibility index (Phi) is 4.00. The third-order valence-electron chi connectivity index (χ3n) is 2.16. The lowest BCUT2D eigenvalue weighted by molar-refractivity contribution is -0.123. The SMILES string of the molecule is O=C[C@@H](O)[C@H](C=O)Cc1ccc(O)cc1. The van der Waals surface area contributed by atoms with Crippen molar-refractivity contribution in [3.8, 4) is 5.75 Å². The Morgan fingerprint density at radius 3 is 2.20 bits per heavy atom. The average Bonchev–Trinajstić information content (AvgIpc) is 2.27. The number of aliphatic hydroxyl groups excluding tert-OH is 1. The number of aldehydes is 2. The second-order valence-corrected chi connectivity index (χ2v) is 3.30. The molecule has 1 rings (SSSR count). The molecule has 4 nitrogen and oxygen atoms in total. The van der Waals surface area contributed by atoms with Gasteiger partial charge in [-0.1, -0.05) is 12.1 Å². The Hall–Kier alpha value is -1.68. The quantitative estimate of drug-likeness (QED) is 0.683. The van der Waals surface area contributed by atoms with Crippen LogP contribution in [0.4, 0.5) is 0 Å². The zero-order valence-electron chi connectivity index (χ0n) is 8.04. The highest BCUT2D eigenvalue weighted by Gasteiger charge is 2.17. The minimum absolute atomic E-state index is 0.136. The zero-order valence-corrected chi connectivity index (χ0v) is 8.04. The van der Waals surface area contributed by atoms with Crippen molar-refractivity contribution in [3.63, 3.8) is 0 Å². The van der Waals surface area contributed by atoms with E-state index >= 15 is 0 Å². The molecule has 0 saturated heterocycles. The van der Waals surface area contributed by atoms with E-state index in [-0.39, 0.29) is 12.2 Å². The number of carbonyl (C=O) groups excluding carboxylic acids is 2. The summed E-state index contributed by atoms with van der Waals surface area (Å²) in [6.07, 6.45) is -0.0777. The van der Waals surface area contributed by atoms with E-state index < -0.39 is 12.0 Å². The third-order valence-corrected chi connectivity index (χ3v) is 2.16. The molecule has 0 spiro atoms. The number of phenols is 1. The number of rotatable bonds is 5. The summed E-state index contributed by atoms with van der Waals surface area (Å²) in [5.41, 5.74) is 0.783. The molecular formula is C11H12O4. The molecule has 1 aromatic carbocycles. The Balaban J connectivity index is 2.70. The second-order valence-electron chi connectivity index (χ2n) is 3.30. The summed E-state index contributed by atoms with van der Waals surface area (Å²) in [4.78, 5) is 20.9. The lowest BCUT2D eigenvalue weighted by atomic mass is 9.96. The van der Waals surface area contributed by atoms with Crippen LogP contribution in [-0.2, 0) is 16.0 Å². The molecule has 1 aromatic rings. The van der Waals surface area contributed by atoms with Crippen LogP contribution in [0.3, 0.4) is 0 Å². The van der Waals surface area contributed by atoms with Gasteiger partial charge in [0.05, 0.1) is 5.92 Å². The third kappa shape index (κ3) is 3.18.